The Morgan fingerprint density at radius 1 is 1.17 bits per heavy atom. The number of hydrogen-bond acceptors (Lipinski definition) is 5. The Morgan fingerprint density at radius 2 is 1.96 bits per heavy atom. The molecule has 0 spiro atoms. The number of para-hydroxylation sites is 1. The molecule has 1 aliphatic heterocycles. The Bertz CT molecular complexity index is 765. The fraction of sp³-hybridized carbons (Fsp3) is 0.312. The minimum atomic E-state index is -3.60. The monoisotopic (exact) mass is 334 g/mol. The van der Waals surface area contributed by atoms with Gasteiger partial charge in [-0.1, -0.05) is 18.2 Å². The van der Waals surface area contributed by atoms with E-state index in [2.05, 4.69) is 4.98 Å². The number of aromatic nitrogens is 1. The zero-order valence-electron chi connectivity index (χ0n) is 12.8. The Morgan fingerprint density at radius 3 is 2.70 bits per heavy atom. The van der Waals surface area contributed by atoms with Crippen molar-refractivity contribution in [3.63, 3.8) is 0 Å². The highest BCUT2D eigenvalue weighted by Gasteiger charge is 2.35. The zero-order chi connectivity index (χ0) is 16.3. The molecule has 2 heterocycles. The molecule has 0 bridgehead atoms. The second-order valence-corrected chi connectivity index (χ2v) is 7.12. The van der Waals surface area contributed by atoms with E-state index in [4.69, 9.17) is 9.47 Å². The van der Waals surface area contributed by atoms with Gasteiger partial charge in [0.25, 0.3) is 0 Å². The summed E-state index contributed by atoms with van der Waals surface area (Å²) in [6, 6.07) is 12.0. The summed E-state index contributed by atoms with van der Waals surface area (Å²) in [6.45, 7) is 0.717. The van der Waals surface area contributed by atoms with E-state index < -0.39 is 10.0 Å². The Labute approximate surface area is 135 Å². The molecule has 7 heteroatoms. The predicted octanol–water partition coefficient (Wildman–Crippen LogP) is 1.93. The molecule has 1 aromatic heterocycles. The largest absolute Gasteiger partial charge is 0.495 e. The van der Waals surface area contributed by atoms with Gasteiger partial charge >= 0.3 is 0 Å². The molecule has 1 unspecified atom stereocenters. The van der Waals surface area contributed by atoms with E-state index in [1.54, 1.807) is 42.6 Å². The first-order valence-corrected chi connectivity index (χ1v) is 8.76. The third-order valence-corrected chi connectivity index (χ3v) is 5.62. The molecule has 0 aliphatic carbocycles. The fourth-order valence-electron chi connectivity index (χ4n) is 2.57. The lowest BCUT2D eigenvalue weighted by molar-refractivity contribution is 0.207. The van der Waals surface area contributed by atoms with Gasteiger partial charge in [-0.15, -0.1) is 0 Å². The highest BCUT2D eigenvalue weighted by molar-refractivity contribution is 7.89. The number of pyridine rings is 1. The molecule has 1 aliphatic rings. The third kappa shape index (κ3) is 3.30. The lowest BCUT2D eigenvalue weighted by Crippen LogP contribution is -2.31. The maximum absolute atomic E-state index is 12.8. The summed E-state index contributed by atoms with van der Waals surface area (Å²) in [4.78, 5) is 4.29. The molecular weight excluding hydrogens is 316 g/mol. The molecule has 1 aromatic carbocycles. The Kier molecular flexibility index (Phi) is 4.49. The van der Waals surface area contributed by atoms with Crippen LogP contribution in [0.4, 0.5) is 0 Å². The first-order valence-electron chi connectivity index (χ1n) is 7.32. The van der Waals surface area contributed by atoms with Gasteiger partial charge in [-0.3, -0.25) is 0 Å². The summed E-state index contributed by atoms with van der Waals surface area (Å²) < 4.78 is 37.9. The van der Waals surface area contributed by atoms with Gasteiger partial charge in [-0.2, -0.15) is 4.31 Å². The van der Waals surface area contributed by atoms with E-state index in [9.17, 15) is 8.42 Å². The first kappa shape index (κ1) is 15.8. The average Bonchev–Trinajstić information content (AvgIpc) is 3.05. The maximum atomic E-state index is 12.8. The first-order chi connectivity index (χ1) is 11.1. The summed E-state index contributed by atoms with van der Waals surface area (Å²) in [5.41, 5.74) is 0. The van der Waals surface area contributed by atoms with E-state index in [1.165, 1.54) is 11.4 Å². The number of nitrogens with zero attached hydrogens (tertiary/aromatic N) is 2. The van der Waals surface area contributed by atoms with Crippen LogP contribution in [-0.4, -0.2) is 44.0 Å². The smallest absolute Gasteiger partial charge is 0.246 e. The lowest BCUT2D eigenvalue weighted by atomic mass is 10.3. The van der Waals surface area contributed by atoms with Gasteiger partial charge < -0.3 is 9.47 Å². The van der Waals surface area contributed by atoms with Gasteiger partial charge in [0.15, 0.2) is 0 Å². The third-order valence-electron chi connectivity index (χ3n) is 3.72. The molecule has 1 fully saturated rings. The number of methoxy groups -OCH3 is 1. The van der Waals surface area contributed by atoms with Crippen LogP contribution in [0, 0.1) is 0 Å². The van der Waals surface area contributed by atoms with Crippen molar-refractivity contribution in [1.82, 2.24) is 9.29 Å². The van der Waals surface area contributed by atoms with Gasteiger partial charge in [0.2, 0.25) is 15.9 Å². The molecule has 1 saturated heterocycles. The van der Waals surface area contributed by atoms with Crippen LogP contribution in [0.25, 0.3) is 0 Å². The Hall–Kier alpha value is -2.12. The number of rotatable bonds is 5. The van der Waals surface area contributed by atoms with Crippen molar-refractivity contribution >= 4 is 10.0 Å². The normalized spacial score (nSPS) is 18.7. The van der Waals surface area contributed by atoms with Crippen LogP contribution in [0.1, 0.15) is 6.42 Å². The van der Waals surface area contributed by atoms with Crippen molar-refractivity contribution in [3.05, 3.63) is 48.7 Å². The summed E-state index contributed by atoms with van der Waals surface area (Å²) >= 11 is 0. The van der Waals surface area contributed by atoms with Crippen LogP contribution in [0.15, 0.2) is 53.6 Å². The molecule has 122 valence electrons. The van der Waals surface area contributed by atoms with E-state index in [1.807, 2.05) is 6.07 Å². The van der Waals surface area contributed by atoms with Crippen LogP contribution >= 0.6 is 0 Å². The summed E-state index contributed by atoms with van der Waals surface area (Å²) in [5.74, 6) is 0.857. The molecule has 0 amide bonds. The van der Waals surface area contributed by atoms with Crippen molar-refractivity contribution in [1.29, 1.82) is 0 Å². The molecule has 3 rings (SSSR count). The van der Waals surface area contributed by atoms with E-state index in [-0.39, 0.29) is 11.0 Å². The van der Waals surface area contributed by atoms with E-state index in [0.717, 1.165) is 0 Å². The standard InChI is InChI=1S/C16H18N2O4S/c1-21-14-6-2-3-7-15(14)23(19,20)18-11-9-13(12-18)22-16-8-4-5-10-17-16/h2-8,10,13H,9,11-12H2,1H3. The van der Waals surface area contributed by atoms with Crippen LogP contribution in [-0.2, 0) is 10.0 Å². The molecule has 1 atom stereocenters. The zero-order valence-corrected chi connectivity index (χ0v) is 13.6. The molecule has 2 aromatic rings. The predicted molar refractivity (Wildman–Crippen MR) is 85.0 cm³/mol. The minimum Gasteiger partial charge on any atom is -0.495 e. The van der Waals surface area contributed by atoms with E-state index in [0.29, 0.717) is 31.1 Å². The maximum Gasteiger partial charge on any atom is 0.246 e. The number of ether oxygens (including phenoxy) is 2. The average molecular weight is 334 g/mol. The fourth-order valence-corrected chi connectivity index (χ4v) is 4.21. The molecule has 0 saturated carbocycles. The van der Waals surface area contributed by atoms with Crippen LogP contribution in [0.3, 0.4) is 0 Å². The Balaban J connectivity index is 1.75. The second-order valence-electron chi connectivity index (χ2n) is 5.21. The lowest BCUT2D eigenvalue weighted by Gasteiger charge is -2.18. The quantitative estimate of drug-likeness (QED) is 0.836. The number of benzene rings is 1. The molecular formula is C16H18N2O4S. The van der Waals surface area contributed by atoms with E-state index >= 15 is 0 Å². The van der Waals surface area contributed by atoms with Crippen molar-refractivity contribution in [2.75, 3.05) is 20.2 Å². The second kappa shape index (κ2) is 6.55. The van der Waals surface area contributed by atoms with Crippen LogP contribution in [0.5, 0.6) is 11.6 Å². The molecule has 23 heavy (non-hydrogen) atoms. The van der Waals surface area contributed by atoms with Gasteiger partial charge in [-0.25, -0.2) is 13.4 Å². The number of hydrogen-bond donors (Lipinski definition) is 0. The topological polar surface area (TPSA) is 68.7 Å². The van der Waals surface area contributed by atoms with Gasteiger partial charge in [-0.05, 0) is 24.6 Å². The SMILES string of the molecule is COc1ccccc1S(=O)(=O)N1CCC(Oc2ccccn2)C1. The van der Waals surface area contributed by atoms with Crippen LogP contribution < -0.4 is 9.47 Å². The highest BCUT2D eigenvalue weighted by Crippen LogP contribution is 2.29. The van der Waals surface area contributed by atoms with Crippen molar-refractivity contribution < 1.29 is 17.9 Å². The molecule has 0 radical (unpaired) electrons. The molecule has 0 N–H and O–H groups in total. The van der Waals surface area contributed by atoms with Crippen molar-refractivity contribution in [2.45, 2.75) is 17.4 Å². The van der Waals surface area contributed by atoms with Crippen molar-refractivity contribution in [2.24, 2.45) is 0 Å². The van der Waals surface area contributed by atoms with Crippen LogP contribution in [0.2, 0.25) is 0 Å². The van der Waals surface area contributed by atoms with Crippen molar-refractivity contribution in [3.8, 4) is 11.6 Å². The molecule has 6 nitrogen and oxygen atoms in total. The van der Waals surface area contributed by atoms with Gasteiger partial charge in [0, 0.05) is 18.8 Å². The summed E-state index contributed by atoms with van der Waals surface area (Å²) in [6.07, 6.45) is 2.08. The van der Waals surface area contributed by atoms with Gasteiger partial charge in [0.1, 0.15) is 16.7 Å². The highest BCUT2D eigenvalue weighted by atomic mass is 32.2. The number of sulfonamides is 1. The van der Waals surface area contributed by atoms with Gasteiger partial charge in [0.05, 0.1) is 13.7 Å². The minimum absolute atomic E-state index is 0.181. The summed E-state index contributed by atoms with van der Waals surface area (Å²) in [7, 11) is -2.14. The summed E-state index contributed by atoms with van der Waals surface area (Å²) in [5, 5.41) is 0.